The third-order valence-corrected chi connectivity index (χ3v) is 2.72. The maximum atomic E-state index is 11.6. The van der Waals surface area contributed by atoms with E-state index in [9.17, 15) is 9.59 Å². The summed E-state index contributed by atoms with van der Waals surface area (Å²) in [4.78, 5) is 24.8. The zero-order chi connectivity index (χ0) is 11.3. The van der Waals surface area contributed by atoms with Crippen LogP contribution >= 0.6 is 0 Å². The van der Waals surface area contributed by atoms with Gasteiger partial charge in [0.05, 0.1) is 0 Å². The number of likely N-dealkylation sites (tertiary alicyclic amines) is 1. The Hall–Kier alpha value is -1.10. The molecule has 2 amide bonds. The largest absolute Gasteiger partial charge is 0.357 e. The molecular formula is C10H19N3O2. The van der Waals surface area contributed by atoms with Crippen LogP contribution in [0.2, 0.25) is 0 Å². The molecule has 15 heavy (non-hydrogen) atoms. The molecule has 1 aliphatic rings. The van der Waals surface area contributed by atoms with Gasteiger partial charge in [0.2, 0.25) is 11.8 Å². The molecule has 5 nitrogen and oxygen atoms in total. The van der Waals surface area contributed by atoms with E-state index in [1.54, 1.807) is 11.9 Å². The minimum Gasteiger partial charge on any atom is -0.357 e. The third-order valence-electron chi connectivity index (χ3n) is 2.72. The van der Waals surface area contributed by atoms with Gasteiger partial charge in [0.1, 0.15) is 6.04 Å². The van der Waals surface area contributed by atoms with Gasteiger partial charge in [-0.1, -0.05) is 0 Å². The third kappa shape index (κ3) is 2.92. The van der Waals surface area contributed by atoms with Gasteiger partial charge < -0.3 is 16.0 Å². The number of rotatable bonds is 5. The van der Waals surface area contributed by atoms with Crippen molar-refractivity contribution in [2.24, 2.45) is 5.73 Å². The number of carbonyl (C=O) groups is 2. The molecule has 1 saturated heterocycles. The summed E-state index contributed by atoms with van der Waals surface area (Å²) < 4.78 is 0. The van der Waals surface area contributed by atoms with E-state index in [1.807, 2.05) is 0 Å². The van der Waals surface area contributed by atoms with Crippen molar-refractivity contribution in [3.05, 3.63) is 0 Å². The van der Waals surface area contributed by atoms with Crippen molar-refractivity contribution in [1.29, 1.82) is 0 Å². The van der Waals surface area contributed by atoms with Crippen molar-refractivity contribution in [3.8, 4) is 0 Å². The Morgan fingerprint density at radius 2 is 2.40 bits per heavy atom. The zero-order valence-electron chi connectivity index (χ0n) is 9.16. The molecule has 1 atom stereocenters. The molecule has 1 rings (SSSR count). The predicted octanol–water partition coefficient (Wildman–Crippen LogP) is -0.538. The second-order valence-corrected chi connectivity index (χ2v) is 3.75. The highest BCUT2D eigenvalue weighted by atomic mass is 16.2. The first-order valence-electron chi connectivity index (χ1n) is 5.42. The van der Waals surface area contributed by atoms with Gasteiger partial charge in [-0.2, -0.15) is 0 Å². The standard InChI is InChI=1S/C10H19N3O2/c1-12-10(15)8(4-2-6-11)13-7-3-5-9(13)14/h8H,2-7,11H2,1H3,(H,12,15)/t8-/m0/s1. The number of nitrogens with one attached hydrogen (secondary N) is 1. The van der Waals surface area contributed by atoms with Crippen molar-refractivity contribution < 1.29 is 9.59 Å². The van der Waals surface area contributed by atoms with Crippen LogP contribution in [0.25, 0.3) is 0 Å². The van der Waals surface area contributed by atoms with Gasteiger partial charge in [-0.3, -0.25) is 9.59 Å². The van der Waals surface area contributed by atoms with Crippen LogP contribution < -0.4 is 11.1 Å². The fourth-order valence-corrected chi connectivity index (χ4v) is 1.90. The number of amides is 2. The highest BCUT2D eigenvalue weighted by Gasteiger charge is 2.31. The van der Waals surface area contributed by atoms with E-state index in [4.69, 9.17) is 5.73 Å². The molecule has 5 heteroatoms. The highest BCUT2D eigenvalue weighted by Crippen LogP contribution is 2.16. The van der Waals surface area contributed by atoms with Crippen molar-refractivity contribution >= 4 is 11.8 Å². The minimum atomic E-state index is -0.325. The fraction of sp³-hybridized carbons (Fsp3) is 0.800. The molecule has 0 saturated carbocycles. The zero-order valence-corrected chi connectivity index (χ0v) is 9.16. The molecule has 0 aromatic carbocycles. The highest BCUT2D eigenvalue weighted by molar-refractivity contribution is 5.88. The van der Waals surface area contributed by atoms with Crippen molar-refractivity contribution in [2.75, 3.05) is 20.1 Å². The molecule has 0 aliphatic carbocycles. The molecule has 0 spiro atoms. The molecule has 0 radical (unpaired) electrons. The lowest BCUT2D eigenvalue weighted by Crippen LogP contribution is -2.46. The summed E-state index contributed by atoms with van der Waals surface area (Å²) in [6, 6.07) is -0.325. The molecule has 1 fully saturated rings. The molecule has 1 heterocycles. The average Bonchev–Trinajstić information content (AvgIpc) is 2.65. The Labute approximate surface area is 90.0 Å². The van der Waals surface area contributed by atoms with Gasteiger partial charge in [0, 0.05) is 20.0 Å². The van der Waals surface area contributed by atoms with Crippen LogP contribution in [-0.2, 0) is 9.59 Å². The fourth-order valence-electron chi connectivity index (χ4n) is 1.90. The van der Waals surface area contributed by atoms with Crippen LogP contribution in [0.5, 0.6) is 0 Å². The maximum Gasteiger partial charge on any atom is 0.242 e. The summed E-state index contributed by atoms with van der Waals surface area (Å²) in [7, 11) is 1.60. The van der Waals surface area contributed by atoms with E-state index < -0.39 is 0 Å². The van der Waals surface area contributed by atoms with Gasteiger partial charge in [-0.15, -0.1) is 0 Å². The molecular weight excluding hydrogens is 194 g/mol. The number of likely N-dealkylation sites (N-methyl/N-ethyl adjacent to an activating group) is 1. The lowest BCUT2D eigenvalue weighted by atomic mass is 10.1. The summed E-state index contributed by atoms with van der Waals surface area (Å²) in [5.74, 6) is -0.000628. The normalized spacial score (nSPS) is 18.0. The maximum absolute atomic E-state index is 11.6. The van der Waals surface area contributed by atoms with Crippen LogP contribution in [0, 0.1) is 0 Å². The van der Waals surface area contributed by atoms with E-state index in [1.165, 1.54) is 0 Å². The lowest BCUT2D eigenvalue weighted by Gasteiger charge is -2.26. The number of hydrogen-bond donors (Lipinski definition) is 2. The van der Waals surface area contributed by atoms with Crippen molar-refractivity contribution in [1.82, 2.24) is 10.2 Å². The quantitative estimate of drug-likeness (QED) is 0.644. The molecule has 0 unspecified atom stereocenters. The van der Waals surface area contributed by atoms with E-state index in [0.29, 0.717) is 25.9 Å². The van der Waals surface area contributed by atoms with E-state index in [0.717, 1.165) is 12.8 Å². The van der Waals surface area contributed by atoms with E-state index in [-0.39, 0.29) is 17.9 Å². The molecule has 3 N–H and O–H groups in total. The van der Waals surface area contributed by atoms with E-state index in [2.05, 4.69) is 5.32 Å². The number of carbonyl (C=O) groups excluding carboxylic acids is 2. The lowest BCUT2D eigenvalue weighted by molar-refractivity contribution is -0.137. The Morgan fingerprint density at radius 1 is 1.67 bits per heavy atom. The van der Waals surface area contributed by atoms with Gasteiger partial charge in [0.25, 0.3) is 0 Å². The molecule has 1 aliphatic heterocycles. The SMILES string of the molecule is CNC(=O)[C@H](CCCN)N1CCCC1=O. The first kappa shape index (κ1) is 12.0. The van der Waals surface area contributed by atoms with Crippen LogP contribution in [-0.4, -0.2) is 42.9 Å². The van der Waals surface area contributed by atoms with Crippen molar-refractivity contribution in [2.45, 2.75) is 31.7 Å². The van der Waals surface area contributed by atoms with Crippen molar-refractivity contribution in [3.63, 3.8) is 0 Å². The van der Waals surface area contributed by atoms with Crippen LogP contribution in [0.1, 0.15) is 25.7 Å². The summed E-state index contributed by atoms with van der Waals surface area (Å²) >= 11 is 0. The van der Waals surface area contributed by atoms with Crippen LogP contribution in [0.15, 0.2) is 0 Å². The molecule has 0 aromatic heterocycles. The van der Waals surface area contributed by atoms with Crippen LogP contribution in [0.3, 0.4) is 0 Å². The first-order chi connectivity index (χ1) is 7.20. The second kappa shape index (κ2) is 5.70. The Bertz CT molecular complexity index is 243. The van der Waals surface area contributed by atoms with Gasteiger partial charge in [-0.25, -0.2) is 0 Å². The van der Waals surface area contributed by atoms with Crippen LogP contribution in [0.4, 0.5) is 0 Å². The Morgan fingerprint density at radius 3 is 2.87 bits per heavy atom. The van der Waals surface area contributed by atoms with Gasteiger partial charge in [0.15, 0.2) is 0 Å². The molecule has 0 aromatic rings. The average molecular weight is 213 g/mol. The summed E-state index contributed by atoms with van der Waals surface area (Å²) in [5.41, 5.74) is 5.42. The minimum absolute atomic E-state index is 0.0839. The molecule has 86 valence electrons. The van der Waals surface area contributed by atoms with Gasteiger partial charge in [-0.05, 0) is 25.8 Å². The molecule has 0 bridgehead atoms. The summed E-state index contributed by atoms with van der Waals surface area (Å²) in [6.45, 7) is 1.25. The van der Waals surface area contributed by atoms with Gasteiger partial charge >= 0.3 is 0 Å². The Balaban J connectivity index is 2.62. The monoisotopic (exact) mass is 213 g/mol. The smallest absolute Gasteiger partial charge is 0.242 e. The number of nitrogens with two attached hydrogens (primary N) is 1. The Kier molecular flexibility index (Phi) is 4.55. The first-order valence-corrected chi connectivity index (χ1v) is 5.42. The number of hydrogen-bond acceptors (Lipinski definition) is 3. The van der Waals surface area contributed by atoms with E-state index >= 15 is 0 Å². The predicted molar refractivity (Wildman–Crippen MR) is 57.1 cm³/mol. The number of nitrogens with zero attached hydrogens (tertiary/aromatic N) is 1. The topological polar surface area (TPSA) is 75.4 Å². The summed E-state index contributed by atoms with van der Waals surface area (Å²) in [6.07, 6.45) is 2.84. The second-order valence-electron chi connectivity index (χ2n) is 3.75. The summed E-state index contributed by atoms with van der Waals surface area (Å²) in [5, 5.41) is 2.60.